The molecule has 0 saturated carbocycles. The molecule has 0 saturated heterocycles. The lowest BCUT2D eigenvalue weighted by atomic mass is 10.1. The van der Waals surface area contributed by atoms with E-state index in [-0.39, 0.29) is 11.5 Å². The Hall–Kier alpha value is -3.45. The minimum absolute atomic E-state index is 0.186. The van der Waals surface area contributed by atoms with Crippen molar-refractivity contribution in [2.45, 2.75) is 6.92 Å². The number of aromatic nitrogens is 1. The summed E-state index contributed by atoms with van der Waals surface area (Å²) >= 11 is 3.40. The van der Waals surface area contributed by atoms with Crippen molar-refractivity contribution in [1.29, 1.82) is 0 Å². The molecule has 7 heteroatoms. The van der Waals surface area contributed by atoms with E-state index in [2.05, 4.69) is 36.8 Å². The molecule has 0 unspecified atom stereocenters. The number of amides is 1. The highest BCUT2D eigenvalue weighted by Crippen LogP contribution is 2.17. The van der Waals surface area contributed by atoms with E-state index in [1.54, 1.807) is 30.6 Å². The van der Waals surface area contributed by atoms with Gasteiger partial charge in [0.05, 0.1) is 17.6 Å². The number of nitrogens with one attached hydrogen (secondary N) is 2. The van der Waals surface area contributed by atoms with Gasteiger partial charge in [-0.2, -0.15) is 0 Å². The Bertz CT molecular complexity index is 1240. The number of halogens is 1. The van der Waals surface area contributed by atoms with E-state index in [1.165, 1.54) is 0 Å². The van der Waals surface area contributed by atoms with Crippen LogP contribution in [0.1, 0.15) is 15.9 Å². The molecule has 4 aromatic rings. The van der Waals surface area contributed by atoms with Gasteiger partial charge in [0, 0.05) is 16.1 Å². The molecule has 6 nitrogen and oxygen atoms in total. The van der Waals surface area contributed by atoms with Gasteiger partial charge >= 0.3 is 0 Å². The number of carbonyl (C=O) groups excluding carboxylic acids is 1. The molecule has 2 heterocycles. The molecule has 0 aliphatic carbocycles. The molecule has 0 aliphatic rings. The monoisotopic (exact) mass is 448 g/mol. The first kappa shape index (κ1) is 18.9. The lowest BCUT2D eigenvalue weighted by Crippen LogP contribution is -2.22. The van der Waals surface area contributed by atoms with E-state index in [9.17, 15) is 4.79 Å². The van der Waals surface area contributed by atoms with Gasteiger partial charge in [-0.1, -0.05) is 27.6 Å². The van der Waals surface area contributed by atoms with Crippen LogP contribution in [0, 0.1) is 6.92 Å². The van der Waals surface area contributed by atoms with Crippen LogP contribution in [0.25, 0.3) is 11.0 Å². The summed E-state index contributed by atoms with van der Waals surface area (Å²) < 4.78 is 6.90. The molecule has 0 fully saturated rings. The maximum atomic E-state index is 12.9. The zero-order valence-corrected chi connectivity index (χ0v) is 17.1. The molecule has 2 aromatic carbocycles. The van der Waals surface area contributed by atoms with E-state index in [1.807, 2.05) is 49.4 Å². The van der Waals surface area contributed by atoms with Crippen LogP contribution in [0.2, 0.25) is 0 Å². The number of hydrogen-bond donors (Lipinski definition) is 2. The van der Waals surface area contributed by atoms with Crippen molar-refractivity contribution in [3.8, 4) is 0 Å². The SMILES string of the molecule is Cc1ccc2o/c(=N\Nc3ccc(Br)cc3)c(C(=O)Nc3cccnc3)cc2c1. The molecule has 0 bridgehead atoms. The summed E-state index contributed by atoms with van der Waals surface area (Å²) in [4.78, 5) is 16.9. The second-order valence-corrected chi connectivity index (χ2v) is 7.35. The average Bonchev–Trinajstić information content (AvgIpc) is 2.73. The molecular weight excluding hydrogens is 432 g/mol. The van der Waals surface area contributed by atoms with Crippen LogP contribution in [0.5, 0.6) is 0 Å². The Morgan fingerprint density at radius 3 is 2.66 bits per heavy atom. The van der Waals surface area contributed by atoms with Gasteiger partial charge in [-0.15, -0.1) is 5.10 Å². The second-order valence-electron chi connectivity index (χ2n) is 6.43. The largest absolute Gasteiger partial charge is 0.436 e. The van der Waals surface area contributed by atoms with E-state index in [4.69, 9.17) is 4.42 Å². The lowest BCUT2D eigenvalue weighted by molar-refractivity contribution is 0.102. The zero-order chi connectivity index (χ0) is 20.2. The van der Waals surface area contributed by atoms with Crippen LogP contribution in [-0.4, -0.2) is 10.9 Å². The summed E-state index contributed by atoms with van der Waals surface area (Å²) in [5.74, 6) is -0.332. The van der Waals surface area contributed by atoms with Gasteiger partial charge in [0.15, 0.2) is 0 Å². The maximum Gasteiger partial charge on any atom is 0.261 e. The molecule has 29 heavy (non-hydrogen) atoms. The van der Waals surface area contributed by atoms with Crippen LogP contribution in [0.15, 0.2) is 87.0 Å². The number of benzene rings is 2. The highest BCUT2D eigenvalue weighted by Gasteiger charge is 2.13. The molecule has 0 spiro atoms. The Kier molecular flexibility index (Phi) is 5.39. The molecule has 4 rings (SSSR count). The predicted molar refractivity (Wildman–Crippen MR) is 116 cm³/mol. The van der Waals surface area contributed by atoms with Crippen LogP contribution in [0.3, 0.4) is 0 Å². The Balaban J connectivity index is 1.76. The number of aryl methyl sites for hydroxylation is 1. The third-order valence-corrected chi connectivity index (χ3v) is 4.73. The highest BCUT2D eigenvalue weighted by molar-refractivity contribution is 9.10. The molecule has 144 valence electrons. The number of rotatable bonds is 4. The third kappa shape index (κ3) is 4.52. The van der Waals surface area contributed by atoms with Crippen molar-refractivity contribution < 1.29 is 9.21 Å². The van der Waals surface area contributed by atoms with Gasteiger partial charge < -0.3 is 9.73 Å². The topological polar surface area (TPSA) is 79.5 Å². The van der Waals surface area contributed by atoms with Crippen molar-refractivity contribution in [1.82, 2.24) is 4.98 Å². The first-order chi connectivity index (χ1) is 14.1. The maximum absolute atomic E-state index is 12.9. The minimum Gasteiger partial charge on any atom is -0.436 e. The van der Waals surface area contributed by atoms with Gasteiger partial charge in [0.1, 0.15) is 11.1 Å². The number of hydrogen-bond acceptors (Lipinski definition) is 5. The summed E-state index contributed by atoms with van der Waals surface area (Å²) in [5, 5.41) is 7.98. The second kappa shape index (κ2) is 8.28. The Morgan fingerprint density at radius 2 is 1.90 bits per heavy atom. The van der Waals surface area contributed by atoms with E-state index in [0.717, 1.165) is 21.1 Å². The van der Waals surface area contributed by atoms with Crippen LogP contribution < -0.4 is 16.3 Å². The van der Waals surface area contributed by atoms with E-state index < -0.39 is 0 Å². The summed E-state index contributed by atoms with van der Waals surface area (Å²) in [5.41, 5.74) is 6.52. The summed E-state index contributed by atoms with van der Waals surface area (Å²) in [7, 11) is 0. The normalized spacial score (nSPS) is 11.4. The van der Waals surface area contributed by atoms with Crippen LogP contribution in [0.4, 0.5) is 11.4 Å². The van der Waals surface area contributed by atoms with Gasteiger partial charge in [0.25, 0.3) is 5.91 Å². The fourth-order valence-corrected chi connectivity index (χ4v) is 3.03. The highest BCUT2D eigenvalue weighted by atomic mass is 79.9. The third-order valence-electron chi connectivity index (χ3n) is 4.20. The van der Waals surface area contributed by atoms with Crippen LogP contribution in [-0.2, 0) is 0 Å². The molecule has 1 amide bonds. The quantitative estimate of drug-likeness (QED) is 0.426. The number of pyridine rings is 1. The first-order valence-corrected chi connectivity index (χ1v) is 9.69. The molecular formula is C22H17BrN4O2. The van der Waals surface area contributed by atoms with Crippen LogP contribution >= 0.6 is 15.9 Å². The van der Waals surface area contributed by atoms with Crippen molar-refractivity contribution in [2.75, 3.05) is 10.7 Å². The Labute approximate surface area is 175 Å². The number of anilines is 2. The van der Waals surface area contributed by atoms with Crippen molar-refractivity contribution in [2.24, 2.45) is 5.10 Å². The molecule has 2 aromatic heterocycles. The van der Waals surface area contributed by atoms with E-state index in [0.29, 0.717) is 16.8 Å². The number of carbonyl (C=O) groups is 1. The number of nitrogens with zero attached hydrogens (tertiary/aromatic N) is 2. The lowest BCUT2D eigenvalue weighted by Gasteiger charge is -2.07. The van der Waals surface area contributed by atoms with Gasteiger partial charge in [-0.05, 0) is 61.5 Å². The van der Waals surface area contributed by atoms with Gasteiger partial charge in [-0.3, -0.25) is 15.2 Å². The zero-order valence-electron chi connectivity index (χ0n) is 15.5. The minimum atomic E-state index is -0.332. The smallest absolute Gasteiger partial charge is 0.261 e. The summed E-state index contributed by atoms with van der Waals surface area (Å²) in [6, 6.07) is 18.6. The van der Waals surface area contributed by atoms with Crippen molar-refractivity contribution >= 4 is 44.2 Å². The summed E-state index contributed by atoms with van der Waals surface area (Å²) in [6.07, 6.45) is 3.23. The van der Waals surface area contributed by atoms with Crippen molar-refractivity contribution in [3.05, 3.63) is 94.2 Å². The van der Waals surface area contributed by atoms with Gasteiger partial charge in [-0.25, -0.2) is 0 Å². The fourth-order valence-electron chi connectivity index (χ4n) is 2.77. The molecule has 0 radical (unpaired) electrons. The average molecular weight is 449 g/mol. The van der Waals surface area contributed by atoms with E-state index >= 15 is 0 Å². The fraction of sp³-hybridized carbons (Fsp3) is 0.0455. The van der Waals surface area contributed by atoms with Gasteiger partial charge in [0.2, 0.25) is 5.55 Å². The standard InChI is InChI=1S/C22H17BrN4O2/c1-14-4-9-20-15(11-14)12-19(21(28)25-18-3-2-10-24-13-18)22(29-20)27-26-17-7-5-16(23)6-8-17/h2-13,26H,1H3,(H,25,28)/b27-22-. The first-order valence-electron chi connectivity index (χ1n) is 8.90. The molecule has 0 atom stereocenters. The molecule has 0 aliphatic heterocycles. The predicted octanol–water partition coefficient (Wildman–Crippen LogP) is 5.08. The number of fused-ring (bicyclic) bond motifs is 1. The van der Waals surface area contributed by atoms with Crippen molar-refractivity contribution in [3.63, 3.8) is 0 Å². The summed E-state index contributed by atoms with van der Waals surface area (Å²) in [6.45, 7) is 1.99. The Morgan fingerprint density at radius 1 is 1.07 bits per heavy atom. The molecule has 2 N–H and O–H groups in total.